The molecule has 4 nitrogen and oxygen atoms in total. The van der Waals surface area contributed by atoms with Gasteiger partial charge in [-0.15, -0.1) is 0 Å². The van der Waals surface area contributed by atoms with Gasteiger partial charge in [0.2, 0.25) is 5.67 Å². The summed E-state index contributed by atoms with van der Waals surface area (Å²) >= 11 is 0. The number of esters is 1. The Balaban J connectivity index is 1.82. The van der Waals surface area contributed by atoms with E-state index >= 15 is 0 Å². The smallest absolute Gasteiger partial charge is 0.345 e. The first kappa shape index (κ1) is 8.35. The van der Waals surface area contributed by atoms with Gasteiger partial charge in [-0.05, 0) is 6.92 Å². The number of hydrogen-bond donors (Lipinski definition) is 0. The van der Waals surface area contributed by atoms with Crippen molar-refractivity contribution in [1.82, 2.24) is 0 Å². The van der Waals surface area contributed by atoms with Gasteiger partial charge in [-0.3, -0.25) is 4.79 Å². The Labute approximate surface area is 79.4 Å². The van der Waals surface area contributed by atoms with Crippen molar-refractivity contribution in [3.05, 3.63) is 0 Å². The van der Waals surface area contributed by atoms with Crippen molar-refractivity contribution in [3.63, 3.8) is 0 Å². The lowest BCUT2D eigenvalue weighted by Crippen LogP contribution is -2.30. The van der Waals surface area contributed by atoms with E-state index in [2.05, 4.69) is 4.74 Å². The molecule has 14 heavy (non-hydrogen) atoms. The molecule has 1 heterocycles. The molecule has 0 amide bonds. The summed E-state index contributed by atoms with van der Waals surface area (Å²) in [4.78, 5) is 22.6. The average molecular weight is 200 g/mol. The Kier molecular flexibility index (Phi) is 1.29. The van der Waals surface area contributed by atoms with Gasteiger partial charge in [0.05, 0.1) is 18.6 Å². The van der Waals surface area contributed by atoms with E-state index in [0.29, 0.717) is 0 Å². The highest BCUT2D eigenvalue weighted by Gasteiger charge is 2.88. The first-order chi connectivity index (χ1) is 6.62. The van der Waals surface area contributed by atoms with Gasteiger partial charge in [0.25, 0.3) is 0 Å². The van der Waals surface area contributed by atoms with E-state index in [1.807, 2.05) is 0 Å². The van der Waals surface area contributed by atoms with Crippen LogP contribution in [0.1, 0.15) is 6.92 Å². The van der Waals surface area contributed by atoms with Gasteiger partial charge in [-0.1, -0.05) is 0 Å². The SMILES string of the molecule is CCOC(=O)[C@]1(F)[C@H]2[C@@H]3O[C@@H]3C(=O)[C@H]21. The molecule has 0 aromatic heterocycles. The molecule has 5 heteroatoms. The van der Waals surface area contributed by atoms with Crippen molar-refractivity contribution in [2.45, 2.75) is 24.8 Å². The molecular formula is C9H9FO4. The Morgan fingerprint density at radius 2 is 2.43 bits per heavy atom. The van der Waals surface area contributed by atoms with E-state index in [9.17, 15) is 14.0 Å². The van der Waals surface area contributed by atoms with Gasteiger partial charge in [-0.2, -0.15) is 0 Å². The topological polar surface area (TPSA) is 55.9 Å². The number of ketones is 1. The number of ether oxygens (including phenoxy) is 2. The summed E-state index contributed by atoms with van der Waals surface area (Å²) < 4.78 is 23.5. The molecule has 0 spiro atoms. The maximum Gasteiger partial charge on any atom is 0.345 e. The molecular weight excluding hydrogens is 191 g/mol. The monoisotopic (exact) mass is 200 g/mol. The largest absolute Gasteiger partial charge is 0.464 e. The average Bonchev–Trinajstić information content (AvgIpc) is 2.97. The lowest BCUT2D eigenvalue weighted by atomic mass is 10.1. The van der Waals surface area contributed by atoms with Crippen molar-refractivity contribution in [3.8, 4) is 0 Å². The summed E-state index contributed by atoms with van der Waals surface area (Å²) in [7, 11) is 0. The molecule has 3 aliphatic rings. The highest BCUT2D eigenvalue weighted by Crippen LogP contribution is 2.68. The molecule has 1 aliphatic heterocycles. The minimum absolute atomic E-state index is 0.132. The van der Waals surface area contributed by atoms with Gasteiger partial charge < -0.3 is 9.47 Å². The summed E-state index contributed by atoms with van der Waals surface area (Å²) in [5.74, 6) is -2.53. The zero-order chi connectivity index (χ0) is 10.1. The number of epoxide rings is 1. The van der Waals surface area contributed by atoms with Gasteiger partial charge in [-0.25, -0.2) is 9.18 Å². The summed E-state index contributed by atoms with van der Waals surface area (Å²) in [6.07, 6.45) is -0.787. The standard InChI is InChI=1S/C9H9FO4/c1-2-13-8(12)9(10)3-4(9)6-7(14-6)5(3)11/h3-4,6-7H,2H2,1H3/t3-,4+,6-,7+,9+/m0/s1. The van der Waals surface area contributed by atoms with Crippen LogP contribution in [0.5, 0.6) is 0 Å². The molecule has 2 aliphatic carbocycles. The van der Waals surface area contributed by atoms with Crippen LogP contribution in [-0.4, -0.2) is 36.2 Å². The Morgan fingerprint density at radius 3 is 2.93 bits per heavy atom. The maximum atomic E-state index is 13.9. The Morgan fingerprint density at radius 1 is 1.71 bits per heavy atom. The molecule has 0 aromatic rings. The van der Waals surface area contributed by atoms with Crippen LogP contribution >= 0.6 is 0 Å². The van der Waals surface area contributed by atoms with Gasteiger partial charge in [0.15, 0.2) is 5.78 Å². The second-order valence-corrected chi connectivity index (χ2v) is 3.92. The highest BCUT2D eigenvalue weighted by atomic mass is 19.1. The molecule has 76 valence electrons. The van der Waals surface area contributed by atoms with Gasteiger partial charge in [0.1, 0.15) is 6.10 Å². The molecule has 0 aromatic carbocycles. The fourth-order valence-corrected chi connectivity index (χ4v) is 2.50. The van der Waals surface area contributed by atoms with Gasteiger partial charge in [0, 0.05) is 5.92 Å². The molecule has 5 atom stereocenters. The third-order valence-electron chi connectivity index (χ3n) is 3.24. The first-order valence-corrected chi connectivity index (χ1v) is 4.67. The van der Waals surface area contributed by atoms with E-state index in [1.165, 1.54) is 0 Å². The molecule has 0 radical (unpaired) electrons. The van der Waals surface area contributed by atoms with Crippen LogP contribution in [0.3, 0.4) is 0 Å². The van der Waals surface area contributed by atoms with Crippen molar-refractivity contribution < 1.29 is 23.5 Å². The number of carbonyl (C=O) groups is 2. The van der Waals surface area contributed by atoms with E-state index < -0.39 is 29.6 Å². The number of fused-ring (bicyclic) bond motifs is 3. The van der Waals surface area contributed by atoms with Crippen molar-refractivity contribution >= 4 is 11.8 Å². The third kappa shape index (κ3) is 0.692. The molecule has 3 rings (SSSR count). The number of Topliss-reactive ketones (excluding diaryl/α,β-unsaturated/α-hetero) is 1. The van der Waals surface area contributed by atoms with Crippen LogP contribution in [-0.2, 0) is 19.1 Å². The maximum absolute atomic E-state index is 13.9. The van der Waals surface area contributed by atoms with Crippen LogP contribution in [0, 0.1) is 11.8 Å². The molecule has 2 saturated carbocycles. The summed E-state index contributed by atoms with van der Waals surface area (Å²) in [5.41, 5.74) is -2.08. The predicted molar refractivity (Wildman–Crippen MR) is 41.1 cm³/mol. The van der Waals surface area contributed by atoms with Crippen molar-refractivity contribution in [2.24, 2.45) is 11.8 Å². The van der Waals surface area contributed by atoms with Crippen LogP contribution in [0.25, 0.3) is 0 Å². The van der Waals surface area contributed by atoms with Crippen molar-refractivity contribution in [1.29, 1.82) is 0 Å². The lowest BCUT2D eigenvalue weighted by molar-refractivity contribution is -0.153. The second-order valence-electron chi connectivity index (χ2n) is 3.92. The van der Waals surface area contributed by atoms with E-state index in [-0.39, 0.29) is 18.5 Å². The minimum Gasteiger partial charge on any atom is -0.464 e. The zero-order valence-electron chi connectivity index (χ0n) is 7.53. The summed E-state index contributed by atoms with van der Waals surface area (Å²) in [5, 5.41) is 0. The molecule has 1 saturated heterocycles. The summed E-state index contributed by atoms with van der Waals surface area (Å²) in [6, 6.07) is 0. The molecule has 0 unspecified atom stereocenters. The molecule has 0 N–H and O–H groups in total. The van der Waals surface area contributed by atoms with Crippen LogP contribution in [0.4, 0.5) is 4.39 Å². The zero-order valence-corrected chi connectivity index (χ0v) is 7.53. The lowest BCUT2D eigenvalue weighted by Gasteiger charge is -2.07. The number of carbonyl (C=O) groups excluding carboxylic acids is 2. The second kappa shape index (κ2) is 2.16. The number of halogens is 1. The Bertz CT molecular complexity index is 342. The molecule has 3 fully saturated rings. The number of alkyl halides is 1. The quantitative estimate of drug-likeness (QED) is 0.459. The van der Waals surface area contributed by atoms with Crippen molar-refractivity contribution in [2.75, 3.05) is 6.61 Å². The van der Waals surface area contributed by atoms with E-state index in [0.717, 1.165) is 0 Å². The molecule has 0 bridgehead atoms. The fraction of sp³-hybridized carbons (Fsp3) is 0.778. The van der Waals surface area contributed by atoms with E-state index in [4.69, 9.17) is 4.74 Å². The van der Waals surface area contributed by atoms with Gasteiger partial charge >= 0.3 is 5.97 Å². The Hall–Kier alpha value is -0.970. The summed E-state index contributed by atoms with van der Waals surface area (Å²) in [6.45, 7) is 1.74. The number of rotatable bonds is 2. The minimum atomic E-state index is -2.08. The van der Waals surface area contributed by atoms with E-state index in [1.54, 1.807) is 6.92 Å². The predicted octanol–water partition coefficient (Wildman–Crippen LogP) is -0.146. The van der Waals surface area contributed by atoms with Crippen LogP contribution in [0.2, 0.25) is 0 Å². The van der Waals surface area contributed by atoms with Crippen LogP contribution < -0.4 is 0 Å². The third-order valence-corrected chi connectivity index (χ3v) is 3.24. The number of hydrogen-bond acceptors (Lipinski definition) is 4. The highest BCUT2D eigenvalue weighted by molar-refractivity contribution is 6.04. The normalized spacial score (nSPS) is 52.3. The van der Waals surface area contributed by atoms with Crippen LogP contribution in [0.15, 0.2) is 0 Å². The fourth-order valence-electron chi connectivity index (χ4n) is 2.50. The first-order valence-electron chi connectivity index (χ1n) is 4.67.